The van der Waals surface area contributed by atoms with Gasteiger partial charge in [-0.2, -0.15) is 0 Å². The number of hydrogen-bond acceptors (Lipinski definition) is 4. The summed E-state index contributed by atoms with van der Waals surface area (Å²) in [5.41, 5.74) is 0. The molecule has 0 N–H and O–H groups in total. The van der Waals surface area contributed by atoms with Crippen molar-refractivity contribution in [3.63, 3.8) is 0 Å². The molecular weight excluding hydrogens is 286 g/mol. The molecule has 1 aliphatic carbocycles. The maximum Gasteiger partial charge on any atom is 0.296 e. The minimum atomic E-state index is -3.84. The third kappa shape index (κ3) is 3.48. The van der Waals surface area contributed by atoms with Gasteiger partial charge in [0.1, 0.15) is 5.82 Å². The van der Waals surface area contributed by atoms with E-state index in [9.17, 15) is 8.42 Å². The fourth-order valence-electron chi connectivity index (χ4n) is 2.78. The standard InChI is InChI=1S/C12H20ClN3O2S/c1-9(2)16-11(8-10-6-4-3-5-7-10)14-15-12(16)19(13,17)18/h9-10H,3-8H2,1-2H3. The molecule has 1 fully saturated rings. The average Bonchev–Trinajstić information content (AvgIpc) is 2.74. The first-order valence-corrected chi connectivity index (χ1v) is 9.09. The Morgan fingerprint density at radius 1 is 1.26 bits per heavy atom. The lowest BCUT2D eigenvalue weighted by Gasteiger charge is -2.22. The molecule has 1 aromatic heterocycles. The van der Waals surface area contributed by atoms with Gasteiger partial charge in [0.2, 0.25) is 0 Å². The Bertz CT molecular complexity index is 533. The molecule has 0 amide bonds. The molecule has 19 heavy (non-hydrogen) atoms. The minimum Gasteiger partial charge on any atom is -0.298 e. The lowest BCUT2D eigenvalue weighted by Crippen LogP contribution is -2.16. The van der Waals surface area contributed by atoms with E-state index in [1.165, 1.54) is 32.1 Å². The molecule has 0 radical (unpaired) electrons. The molecule has 1 aliphatic rings. The zero-order chi connectivity index (χ0) is 14.0. The number of nitrogens with zero attached hydrogens (tertiary/aromatic N) is 3. The highest BCUT2D eigenvalue weighted by atomic mass is 35.7. The molecule has 7 heteroatoms. The third-order valence-electron chi connectivity index (χ3n) is 3.67. The first kappa shape index (κ1) is 14.8. The van der Waals surface area contributed by atoms with Crippen LogP contribution in [-0.2, 0) is 15.5 Å². The van der Waals surface area contributed by atoms with E-state index in [-0.39, 0.29) is 11.2 Å². The van der Waals surface area contributed by atoms with Crippen molar-refractivity contribution in [3.8, 4) is 0 Å². The van der Waals surface area contributed by atoms with Gasteiger partial charge >= 0.3 is 0 Å². The van der Waals surface area contributed by atoms with Gasteiger partial charge in [-0.15, -0.1) is 10.2 Å². The molecule has 0 aromatic carbocycles. The van der Waals surface area contributed by atoms with Crippen LogP contribution in [0, 0.1) is 5.92 Å². The summed E-state index contributed by atoms with van der Waals surface area (Å²) in [5, 5.41) is 7.68. The van der Waals surface area contributed by atoms with E-state index >= 15 is 0 Å². The molecule has 5 nitrogen and oxygen atoms in total. The molecule has 0 saturated heterocycles. The number of aromatic nitrogens is 3. The fourth-order valence-corrected chi connectivity index (χ4v) is 3.79. The van der Waals surface area contributed by atoms with Gasteiger partial charge < -0.3 is 0 Å². The quantitative estimate of drug-likeness (QED) is 0.802. The lowest BCUT2D eigenvalue weighted by molar-refractivity contribution is 0.343. The van der Waals surface area contributed by atoms with Crippen molar-refractivity contribution in [1.29, 1.82) is 0 Å². The molecule has 0 unspecified atom stereocenters. The zero-order valence-corrected chi connectivity index (χ0v) is 12.9. The van der Waals surface area contributed by atoms with Crippen LogP contribution in [0.3, 0.4) is 0 Å². The van der Waals surface area contributed by atoms with Crippen LogP contribution in [0.5, 0.6) is 0 Å². The molecule has 1 saturated carbocycles. The van der Waals surface area contributed by atoms with Gasteiger partial charge in [0.25, 0.3) is 14.2 Å². The van der Waals surface area contributed by atoms with E-state index in [2.05, 4.69) is 10.2 Å². The largest absolute Gasteiger partial charge is 0.298 e. The first-order valence-electron chi connectivity index (χ1n) is 6.78. The summed E-state index contributed by atoms with van der Waals surface area (Å²) in [7, 11) is 1.58. The van der Waals surface area contributed by atoms with Gasteiger partial charge in [-0.25, -0.2) is 8.42 Å². The predicted molar refractivity (Wildman–Crippen MR) is 73.7 cm³/mol. The fraction of sp³-hybridized carbons (Fsp3) is 0.833. The SMILES string of the molecule is CC(C)n1c(CC2CCCCC2)nnc1S(=O)(=O)Cl. The average molecular weight is 306 g/mol. The highest BCUT2D eigenvalue weighted by Crippen LogP contribution is 2.28. The van der Waals surface area contributed by atoms with E-state index < -0.39 is 9.05 Å². The number of halogens is 1. The van der Waals surface area contributed by atoms with E-state index in [1.54, 1.807) is 4.57 Å². The van der Waals surface area contributed by atoms with Crippen LogP contribution in [0.15, 0.2) is 5.16 Å². The van der Waals surface area contributed by atoms with Crippen LogP contribution < -0.4 is 0 Å². The molecule has 108 valence electrons. The Morgan fingerprint density at radius 2 is 1.89 bits per heavy atom. The maximum absolute atomic E-state index is 11.5. The van der Waals surface area contributed by atoms with Crippen LogP contribution in [0.25, 0.3) is 0 Å². The summed E-state index contributed by atoms with van der Waals surface area (Å²) in [5.74, 6) is 1.32. The van der Waals surface area contributed by atoms with Gasteiger partial charge in [-0.1, -0.05) is 32.1 Å². The summed E-state index contributed by atoms with van der Waals surface area (Å²) in [4.78, 5) is 0. The Labute approximate surface area is 118 Å². The summed E-state index contributed by atoms with van der Waals surface area (Å²) in [6.07, 6.45) is 6.97. The van der Waals surface area contributed by atoms with Crippen molar-refractivity contribution in [2.45, 2.75) is 63.6 Å². The first-order chi connectivity index (χ1) is 8.89. The van der Waals surface area contributed by atoms with Gasteiger partial charge in [0, 0.05) is 23.1 Å². The van der Waals surface area contributed by atoms with Crippen molar-refractivity contribution in [2.24, 2.45) is 5.92 Å². The number of hydrogen-bond donors (Lipinski definition) is 0. The van der Waals surface area contributed by atoms with E-state index in [4.69, 9.17) is 10.7 Å². The topological polar surface area (TPSA) is 64.8 Å². The van der Waals surface area contributed by atoms with Crippen molar-refractivity contribution in [1.82, 2.24) is 14.8 Å². The second-order valence-corrected chi connectivity index (χ2v) is 7.97. The third-order valence-corrected chi connectivity index (χ3v) is 4.79. The number of rotatable bonds is 4. The van der Waals surface area contributed by atoms with Gasteiger partial charge in [-0.3, -0.25) is 4.57 Å². The van der Waals surface area contributed by atoms with Crippen LogP contribution >= 0.6 is 10.7 Å². The normalized spacial score (nSPS) is 18.1. The predicted octanol–water partition coefficient (Wildman–Crippen LogP) is 2.91. The van der Waals surface area contributed by atoms with E-state index in [0.717, 1.165) is 12.2 Å². The van der Waals surface area contributed by atoms with E-state index in [0.29, 0.717) is 5.92 Å². The molecule has 1 aromatic rings. The zero-order valence-electron chi connectivity index (χ0n) is 11.3. The van der Waals surface area contributed by atoms with Crippen molar-refractivity contribution < 1.29 is 8.42 Å². The molecule has 1 heterocycles. The second-order valence-electron chi connectivity index (χ2n) is 5.51. The lowest BCUT2D eigenvalue weighted by atomic mass is 9.87. The Morgan fingerprint density at radius 3 is 2.42 bits per heavy atom. The Balaban J connectivity index is 2.27. The van der Waals surface area contributed by atoms with Crippen LogP contribution in [-0.4, -0.2) is 23.2 Å². The molecular formula is C12H20ClN3O2S. The minimum absolute atomic E-state index is 0.0166. The van der Waals surface area contributed by atoms with Gasteiger partial charge in [-0.05, 0) is 19.8 Å². The highest BCUT2D eigenvalue weighted by Gasteiger charge is 2.26. The van der Waals surface area contributed by atoms with Crippen LogP contribution in [0.4, 0.5) is 0 Å². The second kappa shape index (κ2) is 5.79. The van der Waals surface area contributed by atoms with E-state index in [1.807, 2.05) is 13.8 Å². The molecule has 0 bridgehead atoms. The van der Waals surface area contributed by atoms with Gasteiger partial charge in [0.05, 0.1) is 0 Å². The molecule has 0 aliphatic heterocycles. The molecule has 2 rings (SSSR count). The van der Waals surface area contributed by atoms with Crippen molar-refractivity contribution >= 4 is 19.7 Å². The van der Waals surface area contributed by atoms with Crippen LogP contribution in [0.1, 0.15) is 57.8 Å². The monoisotopic (exact) mass is 305 g/mol. The summed E-state index contributed by atoms with van der Waals surface area (Å²) < 4.78 is 24.7. The van der Waals surface area contributed by atoms with Crippen molar-refractivity contribution in [3.05, 3.63) is 5.82 Å². The van der Waals surface area contributed by atoms with Crippen molar-refractivity contribution in [2.75, 3.05) is 0 Å². The van der Waals surface area contributed by atoms with Crippen LogP contribution in [0.2, 0.25) is 0 Å². The highest BCUT2D eigenvalue weighted by molar-refractivity contribution is 8.13. The summed E-state index contributed by atoms with van der Waals surface area (Å²) in [6.45, 7) is 3.83. The Kier molecular flexibility index (Phi) is 4.50. The Hall–Kier alpha value is -0.620. The van der Waals surface area contributed by atoms with Gasteiger partial charge in [0.15, 0.2) is 0 Å². The molecule has 0 spiro atoms. The summed E-state index contributed by atoms with van der Waals surface area (Å²) >= 11 is 0. The molecule has 0 atom stereocenters. The summed E-state index contributed by atoms with van der Waals surface area (Å²) in [6, 6.07) is -0.0166. The maximum atomic E-state index is 11.5. The smallest absolute Gasteiger partial charge is 0.296 e.